The molecule has 0 spiro atoms. The number of hydrogen-bond donors (Lipinski definition) is 2. The van der Waals surface area contributed by atoms with Crippen molar-refractivity contribution in [3.8, 4) is 0 Å². The Morgan fingerprint density at radius 1 is 1.53 bits per heavy atom. The molecule has 0 fully saturated rings. The first-order valence-electron chi connectivity index (χ1n) is 6.88. The van der Waals surface area contributed by atoms with Gasteiger partial charge in [0.1, 0.15) is 0 Å². The molecule has 1 rings (SSSR count). The number of nitrogens with zero attached hydrogens (tertiary/aromatic N) is 2. The number of rotatable bonds is 7. The van der Waals surface area contributed by atoms with Crippen molar-refractivity contribution in [2.75, 3.05) is 12.0 Å². The minimum atomic E-state index is -0.0103. The smallest absolute Gasteiger partial charge is 0.257 e. The van der Waals surface area contributed by atoms with Crippen LogP contribution in [0.15, 0.2) is 18.3 Å². The Hall–Kier alpha value is -1.62. The highest BCUT2D eigenvalue weighted by Crippen LogP contribution is 2.16. The van der Waals surface area contributed by atoms with Gasteiger partial charge in [-0.2, -0.15) is 0 Å². The van der Waals surface area contributed by atoms with E-state index in [1.807, 2.05) is 4.90 Å². The summed E-state index contributed by atoms with van der Waals surface area (Å²) in [6, 6.07) is 3.72. The average molecular weight is 264 g/mol. The zero-order valence-electron chi connectivity index (χ0n) is 12.0. The summed E-state index contributed by atoms with van der Waals surface area (Å²) >= 11 is 0. The summed E-state index contributed by atoms with van der Waals surface area (Å²) in [5.41, 5.74) is 3.01. The third kappa shape index (κ3) is 3.92. The van der Waals surface area contributed by atoms with E-state index in [4.69, 9.17) is 5.84 Å². The average Bonchev–Trinajstić information content (AvgIpc) is 2.46. The van der Waals surface area contributed by atoms with Crippen molar-refractivity contribution in [2.24, 2.45) is 5.84 Å². The van der Waals surface area contributed by atoms with Gasteiger partial charge < -0.3 is 10.3 Å². The quantitative estimate of drug-likeness (QED) is 0.586. The number of aromatic nitrogens is 1. The number of nitrogen functional groups attached to an aromatic ring is 1. The van der Waals surface area contributed by atoms with Crippen LogP contribution in [-0.4, -0.2) is 28.4 Å². The van der Waals surface area contributed by atoms with Crippen LogP contribution < -0.4 is 11.3 Å². The van der Waals surface area contributed by atoms with Crippen molar-refractivity contribution in [3.63, 3.8) is 0 Å². The van der Waals surface area contributed by atoms with Crippen LogP contribution in [-0.2, 0) is 0 Å². The summed E-state index contributed by atoms with van der Waals surface area (Å²) in [5, 5.41) is 0. The SMILES string of the molecule is CCCCN(C(=O)c1cccnc1NN)C(C)CC. The van der Waals surface area contributed by atoms with Gasteiger partial charge in [0, 0.05) is 18.8 Å². The molecule has 1 atom stereocenters. The van der Waals surface area contributed by atoms with Crippen LogP contribution in [0.3, 0.4) is 0 Å². The first-order valence-corrected chi connectivity index (χ1v) is 6.88. The van der Waals surface area contributed by atoms with E-state index in [1.165, 1.54) is 0 Å². The van der Waals surface area contributed by atoms with Crippen LogP contribution in [0.5, 0.6) is 0 Å². The van der Waals surface area contributed by atoms with E-state index >= 15 is 0 Å². The molecular formula is C14H24N4O. The first-order chi connectivity index (χ1) is 9.15. The maximum Gasteiger partial charge on any atom is 0.257 e. The third-order valence-corrected chi connectivity index (χ3v) is 3.31. The van der Waals surface area contributed by atoms with Gasteiger partial charge in [0.05, 0.1) is 5.56 Å². The number of pyridine rings is 1. The normalized spacial score (nSPS) is 12.0. The number of carbonyl (C=O) groups is 1. The van der Waals surface area contributed by atoms with Crippen LogP contribution in [0, 0.1) is 0 Å². The van der Waals surface area contributed by atoms with E-state index in [0.717, 1.165) is 25.8 Å². The Labute approximate surface area is 115 Å². The van der Waals surface area contributed by atoms with Gasteiger partial charge in [-0.05, 0) is 31.9 Å². The van der Waals surface area contributed by atoms with Crippen molar-refractivity contribution in [3.05, 3.63) is 23.9 Å². The summed E-state index contributed by atoms with van der Waals surface area (Å²) < 4.78 is 0. The number of anilines is 1. The molecule has 0 saturated carbocycles. The lowest BCUT2D eigenvalue weighted by atomic mass is 10.1. The Morgan fingerprint density at radius 3 is 2.84 bits per heavy atom. The molecule has 0 aromatic carbocycles. The lowest BCUT2D eigenvalue weighted by Gasteiger charge is -2.29. The molecule has 5 nitrogen and oxygen atoms in total. The zero-order chi connectivity index (χ0) is 14.3. The molecule has 1 aromatic rings. The summed E-state index contributed by atoms with van der Waals surface area (Å²) in [6.45, 7) is 7.04. The Balaban J connectivity index is 2.97. The third-order valence-electron chi connectivity index (χ3n) is 3.31. The van der Waals surface area contributed by atoms with Crippen LogP contribution in [0.2, 0.25) is 0 Å². The van der Waals surface area contributed by atoms with Crippen LogP contribution in [0.4, 0.5) is 5.82 Å². The minimum absolute atomic E-state index is 0.0103. The molecule has 5 heteroatoms. The zero-order valence-corrected chi connectivity index (χ0v) is 12.0. The van der Waals surface area contributed by atoms with Crippen LogP contribution in [0.1, 0.15) is 50.4 Å². The number of hydrazine groups is 1. The molecule has 0 aliphatic carbocycles. The van der Waals surface area contributed by atoms with Crippen molar-refractivity contribution in [1.82, 2.24) is 9.88 Å². The minimum Gasteiger partial charge on any atom is -0.336 e. The summed E-state index contributed by atoms with van der Waals surface area (Å²) in [6.07, 6.45) is 4.61. The Kier molecular flexibility index (Phi) is 6.29. The van der Waals surface area contributed by atoms with Crippen LogP contribution in [0.25, 0.3) is 0 Å². The van der Waals surface area contributed by atoms with E-state index in [2.05, 4.69) is 31.2 Å². The highest BCUT2D eigenvalue weighted by atomic mass is 16.2. The van der Waals surface area contributed by atoms with Crippen molar-refractivity contribution >= 4 is 11.7 Å². The number of carbonyl (C=O) groups excluding carboxylic acids is 1. The Morgan fingerprint density at radius 2 is 2.26 bits per heavy atom. The number of hydrogen-bond acceptors (Lipinski definition) is 4. The predicted octanol–water partition coefficient (Wildman–Crippen LogP) is 2.41. The Bertz CT molecular complexity index is 408. The number of nitrogens with two attached hydrogens (primary N) is 1. The van der Waals surface area contributed by atoms with E-state index in [1.54, 1.807) is 18.3 Å². The van der Waals surface area contributed by atoms with Crippen molar-refractivity contribution < 1.29 is 4.79 Å². The maximum atomic E-state index is 12.6. The van der Waals surface area contributed by atoms with Gasteiger partial charge in [0.2, 0.25) is 0 Å². The largest absolute Gasteiger partial charge is 0.336 e. The van der Waals surface area contributed by atoms with E-state index in [-0.39, 0.29) is 11.9 Å². The molecule has 3 N–H and O–H groups in total. The molecule has 0 radical (unpaired) electrons. The molecule has 0 aliphatic heterocycles. The van der Waals surface area contributed by atoms with Gasteiger partial charge in [0.15, 0.2) is 5.82 Å². The molecule has 0 bridgehead atoms. The molecule has 19 heavy (non-hydrogen) atoms. The highest BCUT2D eigenvalue weighted by Gasteiger charge is 2.22. The first kappa shape index (κ1) is 15.4. The lowest BCUT2D eigenvalue weighted by molar-refractivity contribution is 0.0686. The van der Waals surface area contributed by atoms with Gasteiger partial charge in [-0.25, -0.2) is 10.8 Å². The van der Waals surface area contributed by atoms with Gasteiger partial charge in [-0.1, -0.05) is 20.3 Å². The molecule has 1 aromatic heterocycles. The molecule has 1 heterocycles. The standard InChI is InChI=1S/C14H24N4O/c1-4-6-10-18(11(3)5-2)14(19)12-8-7-9-16-13(12)17-15/h7-9,11H,4-6,10,15H2,1-3H3,(H,16,17). The van der Waals surface area contributed by atoms with Crippen LogP contribution >= 0.6 is 0 Å². The molecule has 106 valence electrons. The van der Waals surface area contributed by atoms with Gasteiger partial charge in [-0.3, -0.25) is 4.79 Å². The lowest BCUT2D eigenvalue weighted by Crippen LogP contribution is -2.39. The fourth-order valence-corrected chi connectivity index (χ4v) is 1.92. The fraction of sp³-hybridized carbons (Fsp3) is 0.571. The summed E-state index contributed by atoms with van der Waals surface area (Å²) in [5.74, 6) is 5.83. The molecular weight excluding hydrogens is 240 g/mol. The molecule has 0 aliphatic rings. The second-order valence-electron chi connectivity index (χ2n) is 4.65. The van der Waals surface area contributed by atoms with E-state index in [0.29, 0.717) is 11.4 Å². The summed E-state index contributed by atoms with van der Waals surface area (Å²) in [4.78, 5) is 18.6. The van der Waals surface area contributed by atoms with E-state index in [9.17, 15) is 4.79 Å². The maximum absolute atomic E-state index is 12.6. The molecule has 1 unspecified atom stereocenters. The van der Waals surface area contributed by atoms with Gasteiger partial charge >= 0.3 is 0 Å². The van der Waals surface area contributed by atoms with E-state index < -0.39 is 0 Å². The van der Waals surface area contributed by atoms with Crippen molar-refractivity contribution in [1.29, 1.82) is 0 Å². The topological polar surface area (TPSA) is 71.2 Å². The highest BCUT2D eigenvalue weighted by molar-refractivity contribution is 5.98. The number of amides is 1. The van der Waals surface area contributed by atoms with Crippen molar-refractivity contribution in [2.45, 2.75) is 46.1 Å². The van der Waals surface area contributed by atoms with Gasteiger partial charge in [-0.15, -0.1) is 0 Å². The number of unbranched alkanes of at least 4 members (excludes halogenated alkanes) is 1. The number of nitrogens with one attached hydrogen (secondary N) is 1. The van der Waals surface area contributed by atoms with Gasteiger partial charge in [0.25, 0.3) is 5.91 Å². The molecule has 0 saturated heterocycles. The second-order valence-corrected chi connectivity index (χ2v) is 4.65. The summed E-state index contributed by atoms with van der Waals surface area (Å²) in [7, 11) is 0. The predicted molar refractivity (Wildman–Crippen MR) is 77.7 cm³/mol. The monoisotopic (exact) mass is 264 g/mol. The fourth-order valence-electron chi connectivity index (χ4n) is 1.92. The second kappa shape index (κ2) is 7.74. The molecule has 1 amide bonds.